The topological polar surface area (TPSA) is 129 Å². The fourth-order valence-electron chi connectivity index (χ4n) is 3.83. The van der Waals surface area contributed by atoms with Gasteiger partial charge in [-0.1, -0.05) is 17.4 Å². The van der Waals surface area contributed by atoms with Crippen LogP contribution in [0.4, 0.5) is 15.2 Å². The highest BCUT2D eigenvalue weighted by Crippen LogP contribution is 2.31. The van der Waals surface area contributed by atoms with Gasteiger partial charge < -0.3 is 5.32 Å². The van der Waals surface area contributed by atoms with Gasteiger partial charge in [-0.2, -0.15) is 5.10 Å². The Morgan fingerprint density at radius 2 is 1.95 bits per heavy atom. The molecule has 1 N–H and O–H groups in total. The van der Waals surface area contributed by atoms with Crippen LogP contribution in [0.25, 0.3) is 38.3 Å². The number of nitrogens with one attached hydrogen (secondary N) is 1. The number of fused-ring (bicyclic) bond motifs is 2. The van der Waals surface area contributed by atoms with Crippen molar-refractivity contribution < 1.29 is 14.1 Å². The lowest BCUT2D eigenvalue weighted by Crippen LogP contribution is -2.12. The molecule has 0 aliphatic heterocycles. The van der Waals surface area contributed by atoms with Crippen molar-refractivity contribution in [2.24, 2.45) is 0 Å². The number of aryl methyl sites for hydroxylation is 1. The number of carbonyl (C=O) groups is 1. The molecule has 0 spiro atoms. The molecule has 0 fully saturated rings. The first kappa shape index (κ1) is 22.8. The maximum atomic E-state index is 14.0. The van der Waals surface area contributed by atoms with E-state index in [1.54, 1.807) is 23.5 Å². The Bertz CT molecular complexity index is 1860. The predicted molar refractivity (Wildman–Crippen MR) is 139 cm³/mol. The van der Waals surface area contributed by atoms with Crippen molar-refractivity contribution in [3.8, 4) is 17.1 Å². The lowest BCUT2D eigenvalue weighted by molar-refractivity contribution is -0.380. The van der Waals surface area contributed by atoms with Crippen LogP contribution in [-0.4, -0.2) is 35.6 Å². The van der Waals surface area contributed by atoms with Gasteiger partial charge in [0.15, 0.2) is 11.5 Å². The number of hydrogen-bond donors (Lipinski definition) is 1. The maximum Gasteiger partial charge on any atom is 0.324 e. The third-order valence-corrected chi connectivity index (χ3v) is 7.45. The van der Waals surface area contributed by atoms with Crippen LogP contribution in [0.5, 0.6) is 0 Å². The van der Waals surface area contributed by atoms with Gasteiger partial charge in [-0.05, 0) is 49.4 Å². The SMILES string of the molecule is Cc1nc2cc(-c3nc(NC(=O)c4ccc([N+](=O)[O-])s4)c4cnn(-c5cccc(F)c5)c4n3)ccc2s1. The summed E-state index contributed by atoms with van der Waals surface area (Å²) in [4.78, 5) is 37.4. The first-order valence-electron chi connectivity index (χ1n) is 10.8. The molecule has 10 nitrogen and oxygen atoms in total. The summed E-state index contributed by atoms with van der Waals surface area (Å²) in [5.41, 5.74) is 2.24. The molecule has 4 aromatic heterocycles. The molecule has 0 bridgehead atoms. The number of nitrogens with zero attached hydrogens (tertiary/aromatic N) is 6. The number of thiophene rings is 1. The van der Waals surface area contributed by atoms with Crippen LogP contribution in [-0.2, 0) is 0 Å². The Morgan fingerprint density at radius 1 is 1.08 bits per heavy atom. The Kier molecular flexibility index (Phi) is 5.43. The van der Waals surface area contributed by atoms with Crippen molar-refractivity contribution in [2.45, 2.75) is 6.92 Å². The molecular weight excluding hydrogens is 517 g/mol. The minimum absolute atomic E-state index is 0.149. The average Bonchev–Trinajstić information content (AvgIpc) is 3.61. The summed E-state index contributed by atoms with van der Waals surface area (Å²) in [5, 5.41) is 19.3. The van der Waals surface area contributed by atoms with Gasteiger partial charge in [0.05, 0.1) is 42.3 Å². The minimum Gasteiger partial charge on any atom is -0.305 e. The van der Waals surface area contributed by atoms with Crippen LogP contribution in [0.1, 0.15) is 14.7 Å². The van der Waals surface area contributed by atoms with E-state index in [2.05, 4.69) is 20.4 Å². The molecule has 13 heteroatoms. The molecule has 0 aliphatic rings. The Hall–Kier alpha value is -4.62. The molecule has 1 amide bonds. The molecule has 0 radical (unpaired) electrons. The second-order valence-electron chi connectivity index (χ2n) is 7.93. The molecule has 0 atom stereocenters. The Labute approximate surface area is 215 Å². The van der Waals surface area contributed by atoms with E-state index in [0.717, 1.165) is 26.6 Å². The number of benzene rings is 2. The normalized spacial score (nSPS) is 11.3. The summed E-state index contributed by atoms with van der Waals surface area (Å²) >= 11 is 2.33. The van der Waals surface area contributed by atoms with Crippen LogP contribution in [0.2, 0.25) is 0 Å². The number of anilines is 1. The molecule has 37 heavy (non-hydrogen) atoms. The van der Waals surface area contributed by atoms with E-state index < -0.39 is 16.6 Å². The number of halogens is 1. The molecule has 182 valence electrons. The van der Waals surface area contributed by atoms with E-state index in [-0.39, 0.29) is 15.7 Å². The van der Waals surface area contributed by atoms with Gasteiger partial charge in [-0.25, -0.2) is 24.0 Å². The summed E-state index contributed by atoms with van der Waals surface area (Å²) in [6.07, 6.45) is 1.48. The van der Waals surface area contributed by atoms with Crippen LogP contribution in [0.3, 0.4) is 0 Å². The van der Waals surface area contributed by atoms with E-state index in [4.69, 9.17) is 4.98 Å². The molecule has 2 aromatic carbocycles. The van der Waals surface area contributed by atoms with Crippen molar-refractivity contribution in [1.82, 2.24) is 24.7 Å². The fraction of sp³-hybridized carbons (Fsp3) is 0.0417. The average molecular weight is 532 g/mol. The van der Waals surface area contributed by atoms with Crippen LogP contribution in [0.15, 0.2) is 60.8 Å². The summed E-state index contributed by atoms with van der Waals surface area (Å²) < 4.78 is 16.4. The largest absolute Gasteiger partial charge is 0.324 e. The van der Waals surface area contributed by atoms with Gasteiger partial charge in [-0.15, -0.1) is 11.3 Å². The lowest BCUT2D eigenvalue weighted by atomic mass is 10.2. The van der Waals surface area contributed by atoms with Gasteiger partial charge in [0.25, 0.3) is 5.91 Å². The monoisotopic (exact) mass is 531 g/mol. The number of amides is 1. The number of thiazole rings is 1. The number of aromatic nitrogens is 5. The highest BCUT2D eigenvalue weighted by Gasteiger charge is 2.20. The molecule has 6 aromatic rings. The van der Waals surface area contributed by atoms with Crippen LogP contribution in [0, 0.1) is 22.9 Å². The van der Waals surface area contributed by atoms with Crippen LogP contribution >= 0.6 is 22.7 Å². The molecule has 0 saturated carbocycles. The molecule has 4 heterocycles. The maximum absolute atomic E-state index is 14.0. The zero-order chi connectivity index (χ0) is 25.7. The number of rotatable bonds is 5. The van der Waals surface area contributed by atoms with E-state index in [0.29, 0.717) is 28.1 Å². The van der Waals surface area contributed by atoms with Crippen LogP contribution < -0.4 is 5.32 Å². The number of nitro groups is 1. The standard InChI is InChI=1S/C24H14FN7O3S2/c1-12-27-17-9-13(5-6-18(17)36-12)21-28-22(30-24(33)19-7-8-20(37-19)32(34)35)16-11-26-31(23(16)29-21)15-4-2-3-14(25)10-15/h2-11H,1H3,(H,28,29,30,33). The number of hydrogen-bond acceptors (Lipinski definition) is 9. The first-order chi connectivity index (χ1) is 17.9. The van der Waals surface area contributed by atoms with E-state index in [1.165, 1.54) is 35.1 Å². The first-order valence-corrected chi connectivity index (χ1v) is 12.4. The number of carbonyl (C=O) groups excluding carboxylic acids is 1. The van der Waals surface area contributed by atoms with Crippen molar-refractivity contribution in [3.05, 3.63) is 86.6 Å². The second kappa shape index (κ2) is 8.80. The van der Waals surface area contributed by atoms with Gasteiger partial charge in [0.2, 0.25) is 0 Å². The zero-order valence-electron chi connectivity index (χ0n) is 18.9. The Balaban J connectivity index is 1.50. The quantitative estimate of drug-likeness (QED) is 0.221. The highest BCUT2D eigenvalue weighted by atomic mass is 32.1. The summed E-state index contributed by atoms with van der Waals surface area (Å²) in [7, 11) is 0. The minimum atomic E-state index is -0.562. The van der Waals surface area contributed by atoms with Gasteiger partial charge in [-0.3, -0.25) is 14.9 Å². The van der Waals surface area contributed by atoms with Gasteiger partial charge in [0, 0.05) is 11.6 Å². The van der Waals surface area contributed by atoms with Crippen molar-refractivity contribution in [2.75, 3.05) is 5.32 Å². The Morgan fingerprint density at radius 3 is 2.73 bits per heavy atom. The van der Waals surface area contributed by atoms with Crippen molar-refractivity contribution >= 4 is 60.6 Å². The lowest BCUT2D eigenvalue weighted by Gasteiger charge is -2.09. The zero-order valence-corrected chi connectivity index (χ0v) is 20.5. The highest BCUT2D eigenvalue weighted by molar-refractivity contribution is 7.18. The smallest absolute Gasteiger partial charge is 0.305 e. The fourth-order valence-corrected chi connectivity index (χ4v) is 5.35. The van der Waals surface area contributed by atoms with Gasteiger partial charge in [0.1, 0.15) is 11.6 Å². The van der Waals surface area contributed by atoms with Gasteiger partial charge >= 0.3 is 5.00 Å². The van der Waals surface area contributed by atoms with E-state index in [1.807, 2.05) is 25.1 Å². The third-order valence-electron chi connectivity index (χ3n) is 5.46. The van der Waals surface area contributed by atoms with E-state index in [9.17, 15) is 19.3 Å². The molecule has 6 rings (SSSR count). The molecular formula is C24H14FN7O3S2. The summed E-state index contributed by atoms with van der Waals surface area (Å²) in [6.45, 7) is 1.92. The summed E-state index contributed by atoms with van der Waals surface area (Å²) in [5.74, 6) is -0.537. The molecule has 0 unspecified atom stereocenters. The third kappa shape index (κ3) is 4.19. The van der Waals surface area contributed by atoms with E-state index >= 15 is 0 Å². The second-order valence-corrected chi connectivity index (χ2v) is 10.2. The summed E-state index contributed by atoms with van der Waals surface area (Å²) in [6, 6.07) is 14.2. The van der Waals surface area contributed by atoms with Crippen molar-refractivity contribution in [1.29, 1.82) is 0 Å². The van der Waals surface area contributed by atoms with Crippen molar-refractivity contribution in [3.63, 3.8) is 0 Å². The predicted octanol–water partition coefficient (Wildman–Crippen LogP) is 5.76. The molecule has 0 saturated heterocycles. The molecule has 0 aliphatic carbocycles.